The number of carbonyl (C=O) groups is 1. The lowest BCUT2D eigenvalue weighted by atomic mass is 9.90. The zero-order valence-corrected chi connectivity index (χ0v) is 19.2. The number of H-pyrrole nitrogens is 1. The van der Waals surface area contributed by atoms with Crippen LogP contribution in [0.5, 0.6) is 0 Å². The SMILES string of the molecule is Cc1cn(C)nc1C(=O)N[C@@H]1CCC[C@H](Nc2nc(-c3c[nH]c4c(F)cc(F)cc34)ncc2F)C1. The molecule has 0 aliphatic heterocycles. The lowest BCUT2D eigenvalue weighted by Crippen LogP contribution is -2.42. The number of carbonyl (C=O) groups excluding carboxylic acids is 1. The van der Waals surface area contributed by atoms with Crippen LogP contribution >= 0.6 is 0 Å². The predicted molar refractivity (Wildman–Crippen MR) is 124 cm³/mol. The Balaban J connectivity index is 1.33. The van der Waals surface area contributed by atoms with Crippen LogP contribution in [0.1, 0.15) is 41.7 Å². The summed E-state index contributed by atoms with van der Waals surface area (Å²) in [7, 11) is 1.76. The number of nitrogens with zero attached hydrogens (tertiary/aromatic N) is 4. The third-order valence-electron chi connectivity index (χ3n) is 6.27. The maximum Gasteiger partial charge on any atom is 0.272 e. The summed E-state index contributed by atoms with van der Waals surface area (Å²) in [6.07, 6.45) is 7.29. The second kappa shape index (κ2) is 9.05. The fraction of sp³-hybridized carbons (Fsp3) is 0.333. The molecule has 1 aliphatic carbocycles. The molecule has 8 nitrogen and oxygen atoms in total. The van der Waals surface area contributed by atoms with Crippen LogP contribution in [0.3, 0.4) is 0 Å². The molecule has 0 bridgehead atoms. The Morgan fingerprint density at radius 3 is 2.74 bits per heavy atom. The van der Waals surface area contributed by atoms with Crippen LogP contribution in [0.4, 0.5) is 19.0 Å². The first-order valence-electron chi connectivity index (χ1n) is 11.3. The van der Waals surface area contributed by atoms with Crippen molar-refractivity contribution in [3.05, 3.63) is 59.4 Å². The predicted octanol–water partition coefficient (Wildman–Crippen LogP) is 4.24. The summed E-state index contributed by atoms with van der Waals surface area (Å²) in [6, 6.07) is 1.74. The summed E-state index contributed by atoms with van der Waals surface area (Å²) in [5.74, 6) is -2.20. The minimum absolute atomic E-state index is 0.00114. The van der Waals surface area contributed by atoms with Gasteiger partial charge in [0.1, 0.15) is 11.6 Å². The second-order valence-electron chi connectivity index (χ2n) is 8.92. The lowest BCUT2D eigenvalue weighted by Gasteiger charge is -2.30. The number of amides is 1. The van der Waals surface area contributed by atoms with E-state index in [9.17, 15) is 18.0 Å². The van der Waals surface area contributed by atoms with Gasteiger partial charge in [0.25, 0.3) is 5.91 Å². The highest BCUT2D eigenvalue weighted by Gasteiger charge is 2.26. The van der Waals surface area contributed by atoms with Crippen molar-refractivity contribution < 1.29 is 18.0 Å². The molecule has 11 heteroatoms. The lowest BCUT2D eigenvalue weighted by molar-refractivity contribution is 0.0920. The van der Waals surface area contributed by atoms with Gasteiger partial charge in [0, 0.05) is 54.1 Å². The molecule has 1 aromatic carbocycles. The number of fused-ring (bicyclic) bond motifs is 1. The van der Waals surface area contributed by atoms with Crippen LogP contribution in [-0.2, 0) is 7.05 Å². The van der Waals surface area contributed by atoms with Crippen LogP contribution in [0.2, 0.25) is 0 Å². The third kappa shape index (κ3) is 4.58. The van der Waals surface area contributed by atoms with E-state index < -0.39 is 17.5 Å². The Morgan fingerprint density at radius 1 is 1.17 bits per heavy atom. The quantitative estimate of drug-likeness (QED) is 0.394. The summed E-state index contributed by atoms with van der Waals surface area (Å²) in [5.41, 5.74) is 1.67. The molecule has 1 saturated carbocycles. The van der Waals surface area contributed by atoms with Crippen LogP contribution < -0.4 is 10.6 Å². The molecule has 0 saturated heterocycles. The Bertz CT molecular complexity index is 1410. The van der Waals surface area contributed by atoms with Gasteiger partial charge in [-0.3, -0.25) is 9.48 Å². The first kappa shape index (κ1) is 22.9. The fourth-order valence-electron chi connectivity index (χ4n) is 4.67. The van der Waals surface area contributed by atoms with E-state index in [0.29, 0.717) is 17.7 Å². The minimum Gasteiger partial charge on any atom is -0.365 e. The maximum absolute atomic E-state index is 14.6. The van der Waals surface area contributed by atoms with E-state index in [1.807, 2.05) is 6.92 Å². The van der Waals surface area contributed by atoms with Gasteiger partial charge in [-0.2, -0.15) is 5.10 Å². The molecule has 3 heterocycles. The number of nitrogens with one attached hydrogen (secondary N) is 3. The Labute approximate surface area is 199 Å². The normalized spacial score (nSPS) is 18.1. The van der Waals surface area contributed by atoms with Crippen molar-refractivity contribution >= 4 is 22.6 Å². The van der Waals surface area contributed by atoms with Gasteiger partial charge in [-0.1, -0.05) is 0 Å². The molecule has 1 fully saturated rings. The third-order valence-corrected chi connectivity index (χ3v) is 6.27. The molecule has 35 heavy (non-hydrogen) atoms. The smallest absolute Gasteiger partial charge is 0.272 e. The maximum atomic E-state index is 14.6. The van der Waals surface area contributed by atoms with E-state index in [1.165, 1.54) is 12.3 Å². The molecule has 0 radical (unpaired) electrons. The number of aromatic amines is 1. The highest BCUT2D eigenvalue weighted by molar-refractivity contribution is 5.94. The molecule has 2 atom stereocenters. The summed E-state index contributed by atoms with van der Waals surface area (Å²) in [6.45, 7) is 1.83. The number of anilines is 1. The van der Waals surface area contributed by atoms with Crippen molar-refractivity contribution in [2.45, 2.75) is 44.7 Å². The van der Waals surface area contributed by atoms with Crippen molar-refractivity contribution in [2.24, 2.45) is 7.05 Å². The Kier molecular flexibility index (Phi) is 5.91. The number of hydrogen-bond acceptors (Lipinski definition) is 5. The van der Waals surface area contributed by atoms with Crippen LogP contribution in [0.25, 0.3) is 22.3 Å². The van der Waals surface area contributed by atoms with Crippen LogP contribution in [-0.4, -0.2) is 42.7 Å². The van der Waals surface area contributed by atoms with E-state index in [-0.39, 0.29) is 40.5 Å². The first-order valence-corrected chi connectivity index (χ1v) is 11.3. The van der Waals surface area contributed by atoms with Crippen molar-refractivity contribution in [1.29, 1.82) is 0 Å². The molecule has 0 unspecified atom stereocenters. The van der Waals surface area contributed by atoms with Gasteiger partial charge in [-0.15, -0.1) is 0 Å². The highest BCUT2D eigenvalue weighted by Crippen LogP contribution is 2.30. The summed E-state index contributed by atoms with van der Waals surface area (Å²) < 4.78 is 44.0. The average molecular weight is 483 g/mol. The molecular weight excluding hydrogens is 459 g/mol. The molecule has 3 aromatic heterocycles. The molecular formula is C24H24F3N7O. The van der Waals surface area contributed by atoms with Gasteiger partial charge >= 0.3 is 0 Å². The van der Waals surface area contributed by atoms with Gasteiger partial charge < -0.3 is 15.6 Å². The summed E-state index contributed by atoms with van der Waals surface area (Å²) >= 11 is 0. The average Bonchev–Trinajstić information content (AvgIpc) is 3.38. The fourth-order valence-corrected chi connectivity index (χ4v) is 4.67. The van der Waals surface area contributed by atoms with Crippen molar-refractivity contribution in [3.8, 4) is 11.4 Å². The van der Waals surface area contributed by atoms with Gasteiger partial charge in [0.15, 0.2) is 23.2 Å². The molecule has 0 spiro atoms. The second-order valence-corrected chi connectivity index (χ2v) is 8.92. The van der Waals surface area contributed by atoms with Gasteiger partial charge in [-0.25, -0.2) is 23.1 Å². The van der Waals surface area contributed by atoms with E-state index in [2.05, 4.69) is 30.7 Å². The zero-order valence-electron chi connectivity index (χ0n) is 19.2. The first-order chi connectivity index (χ1) is 16.8. The number of halogens is 3. The van der Waals surface area contributed by atoms with Crippen LogP contribution in [0, 0.1) is 24.4 Å². The Morgan fingerprint density at radius 2 is 1.97 bits per heavy atom. The minimum atomic E-state index is -0.733. The molecule has 5 rings (SSSR count). The molecule has 1 aliphatic rings. The number of hydrogen-bond donors (Lipinski definition) is 3. The molecule has 1 amide bonds. The van der Waals surface area contributed by atoms with E-state index in [0.717, 1.165) is 37.1 Å². The highest BCUT2D eigenvalue weighted by atomic mass is 19.1. The van der Waals surface area contributed by atoms with Gasteiger partial charge in [0.2, 0.25) is 0 Å². The number of benzene rings is 1. The summed E-state index contributed by atoms with van der Waals surface area (Å²) in [5, 5.41) is 10.6. The molecule has 4 aromatic rings. The number of aromatic nitrogens is 5. The van der Waals surface area contributed by atoms with E-state index in [4.69, 9.17) is 0 Å². The summed E-state index contributed by atoms with van der Waals surface area (Å²) in [4.78, 5) is 23.7. The Hall–Kier alpha value is -3.89. The monoisotopic (exact) mass is 483 g/mol. The zero-order chi connectivity index (χ0) is 24.7. The van der Waals surface area contributed by atoms with Crippen LogP contribution in [0.15, 0.2) is 30.7 Å². The van der Waals surface area contributed by atoms with Crippen molar-refractivity contribution in [3.63, 3.8) is 0 Å². The van der Waals surface area contributed by atoms with E-state index in [1.54, 1.807) is 17.9 Å². The van der Waals surface area contributed by atoms with Gasteiger partial charge in [0.05, 0.1) is 11.7 Å². The largest absolute Gasteiger partial charge is 0.365 e. The number of rotatable bonds is 5. The van der Waals surface area contributed by atoms with E-state index >= 15 is 0 Å². The standard InChI is InChI=1S/C24H24F3N7O/c1-12-11-34(2)33-20(12)24(35)31-15-5-3-4-14(8-15)30-23-19(27)10-29-22(32-23)17-9-28-21-16(17)6-13(25)7-18(21)26/h6-7,9-11,14-15,28H,3-5,8H2,1-2H3,(H,31,35)(H,29,30,32)/t14-,15+/m0/s1. The molecule has 3 N–H and O–H groups in total. The van der Waals surface area contributed by atoms with Crippen molar-refractivity contribution in [1.82, 2.24) is 30.0 Å². The van der Waals surface area contributed by atoms with Crippen molar-refractivity contribution in [2.75, 3.05) is 5.32 Å². The molecule has 182 valence electrons. The van der Waals surface area contributed by atoms with Gasteiger partial charge in [-0.05, 0) is 38.7 Å². The topological polar surface area (TPSA) is 101 Å². The number of aryl methyl sites for hydroxylation is 2.